The largest absolute Gasteiger partial charge is 0.377 e. The predicted molar refractivity (Wildman–Crippen MR) is 116 cm³/mol. The number of thiazole rings is 1. The van der Waals surface area contributed by atoms with E-state index in [1.807, 2.05) is 24.3 Å². The van der Waals surface area contributed by atoms with Crippen molar-refractivity contribution in [2.75, 3.05) is 36.9 Å². The number of thioether (sulfide) groups is 1. The molecule has 2 aliphatic heterocycles. The number of carbonyl (C=O) groups is 1. The van der Waals surface area contributed by atoms with Crippen LogP contribution in [-0.2, 0) is 11.2 Å². The van der Waals surface area contributed by atoms with Gasteiger partial charge in [-0.3, -0.25) is 4.79 Å². The number of hydrogen-bond acceptors (Lipinski definition) is 6. The average molecular weight is 418 g/mol. The molecule has 2 aliphatic rings. The molecule has 28 heavy (non-hydrogen) atoms. The van der Waals surface area contributed by atoms with Crippen LogP contribution in [0.15, 0.2) is 34.5 Å². The zero-order valence-electron chi connectivity index (χ0n) is 16.1. The SMILES string of the molecule is O=C(NCCc1csc(N2CCCC2)n1)c1ccccc1SCC1CCCO1. The number of ether oxygens (including phenoxy) is 1. The fourth-order valence-electron chi connectivity index (χ4n) is 3.60. The predicted octanol–water partition coefficient (Wildman–Crippen LogP) is 3.99. The molecule has 5 nitrogen and oxygen atoms in total. The van der Waals surface area contributed by atoms with Gasteiger partial charge in [-0.2, -0.15) is 0 Å². The van der Waals surface area contributed by atoms with Crippen molar-refractivity contribution in [3.8, 4) is 0 Å². The van der Waals surface area contributed by atoms with Crippen molar-refractivity contribution in [2.24, 2.45) is 0 Å². The van der Waals surface area contributed by atoms with Crippen LogP contribution in [0.4, 0.5) is 5.13 Å². The zero-order chi connectivity index (χ0) is 19.2. The van der Waals surface area contributed by atoms with Crippen LogP contribution < -0.4 is 10.2 Å². The highest BCUT2D eigenvalue weighted by molar-refractivity contribution is 7.99. The molecule has 3 heterocycles. The van der Waals surface area contributed by atoms with E-state index in [2.05, 4.69) is 15.6 Å². The van der Waals surface area contributed by atoms with E-state index < -0.39 is 0 Å². The topological polar surface area (TPSA) is 54.5 Å². The van der Waals surface area contributed by atoms with Crippen molar-refractivity contribution in [3.05, 3.63) is 40.9 Å². The van der Waals surface area contributed by atoms with Crippen molar-refractivity contribution in [1.29, 1.82) is 0 Å². The second-order valence-electron chi connectivity index (χ2n) is 7.26. The van der Waals surface area contributed by atoms with Gasteiger partial charge in [0.25, 0.3) is 5.91 Å². The van der Waals surface area contributed by atoms with E-state index in [0.717, 1.165) is 66.0 Å². The van der Waals surface area contributed by atoms with E-state index in [1.54, 1.807) is 23.1 Å². The summed E-state index contributed by atoms with van der Waals surface area (Å²) < 4.78 is 5.70. The van der Waals surface area contributed by atoms with Gasteiger partial charge in [0.15, 0.2) is 5.13 Å². The molecule has 0 aliphatic carbocycles. The molecule has 0 spiro atoms. The van der Waals surface area contributed by atoms with Crippen LogP contribution in [0.1, 0.15) is 41.7 Å². The third-order valence-corrected chi connectivity index (χ3v) is 7.32. The van der Waals surface area contributed by atoms with E-state index in [9.17, 15) is 4.79 Å². The minimum absolute atomic E-state index is 0.00886. The summed E-state index contributed by atoms with van der Waals surface area (Å²) in [5, 5.41) is 6.30. The van der Waals surface area contributed by atoms with Crippen LogP contribution in [0.3, 0.4) is 0 Å². The third-order valence-electron chi connectivity index (χ3n) is 5.16. The molecular formula is C21H27N3O2S2. The molecule has 7 heteroatoms. The van der Waals surface area contributed by atoms with Gasteiger partial charge in [0.1, 0.15) is 0 Å². The van der Waals surface area contributed by atoms with Gasteiger partial charge >= 0.3 is 0 Å². The standard InChI is InChI=1S/C21H27N3O2S2/c25-20(18-7-1-2-8-19(18)27-15-17-6-5-13-26-17)22-10-9-16-14-28-21(23-16)24-11-3-4-12-24/h1-2,7-8,14,17H,3-6,9-13,15H2,(H,22,25). The Hall–Kier alpha value is -1.57. The van der Waals surface area contributed by atoms with Crippen LogP contribution in [0.25, 0.3) is 0 Å². The number of carbonyl (C=O) groups excluding carboxylic acids is 1. The molecule has 0 saturated carbocycles. The molecule has 150 valence electrons. The normalized spacial score (nSPS) is 19.3. The Morgan fingerprint density at radius 3 is 2.96 bits per heavy atom. The van der Waals surface area contributed by atoms with Gasteiger partial charge < -0.3 is 15.0 Å². The lowest BCUT2D eigenvalue weighted by Gasteiger charge is -2.12. The fourth-order valence-corrected chi connectivity index (χ4v) is 5.64. The summed E-state index contributed by atoms with van der Waals surface area (Å²) >= 11 is 3.43. The zero-order valence-corrected chi connectivity index (χ0v) is 17.7. The molecule has 1 aromatic carbocycles. The second kappa shape index (κ2) is 9.76. The number of anilines is 1. The Bertz CT molecular complexity index is 783. The average Bonchev–Trinajstić information content (AvgIpc) is 3.48. The van der Waals surface area contributed by atoms with E-state index in [1.165, 1.54) is 12.8 Å². The molecule has 1 aromatic heterocycles. The Morgan fingerprint density at radius 2 is 2.14 bits per heavy atom. The molecule has 0 radical (unpaired) electrons. The lowest BCUT2D eigenvalue weighted by Crippen LogP contribution is -2.26. The van der Waals surface area contributed by atoms with Gasteiger partial charge in [-0.05, 0) is 37.8 Å². The molecule has 1 amide bonds. The highest BCUT2D eigenvalue weighted by atomic mass is 32.2. The van der Waals surface area contributed by atoms with Crippen molar-refractivity contribution in [3.63, 3.8) is 0 Å². The summed E-state index contributed by atoms with van der Waals surface area (Å²) in [5.41, 5.74) is 1.81. The van der Waals surface area contributed by atoms with Crippen LogP contribution in [0.5, 0.6) is 0 Å². The minimum Gasteiger partial charge on any atom is -0.377 e. The monoisotopic (exact) mass is 417 g/mol. The van der Waals surface area contributed by atoms with Crippen molar-refractivity contribution < 1.29 is 9.53 Å². The molecule has 4 rings (SSSR count). The molecule has 1 unspecified atom stereocenters. The maximum Gasteiger partial charge on any atom is 0.252 e. The number of rotatable bonds is 8. The summed E-state index contributed by atoms with van der Waals surface area (Å²) in [6.07, 6.45) is 5.86. The van der Waals surface area contributed by atoms with Crippen LogP contribution in [-0.4, -0.2) is 49.0 Å². The first-order valence-electron chi connectivity index (χ1n) is 10.1. The van der Waals surface area contributed by atoms with Gasteiger partial charge in [-0.15, -0.1) is 23.1 Å². The summed E-state index contributed by atoms with van der Waals surface area (Å²) in [4.78, 5) is 20.8. The molecule has 1 atom stereocenters. The maximum atomic E-state index is 12.7. The highest BCUT2D eigenvalue weighted by Gasteiger charge is 2.18. The minimum atomic E-state index is -0.00886. The number of benzene rings is 1. The van der Waals surface area contributed by atoms with E-state index >= 15 is 0 Å². The molecular weight excluding hydrogens is 390 g/mol. The molecule has 2 aromatic rings. The van der Waals surface area contributed by atoms with E-state index in [4.69, 9.17) is 9.72 Å². The molecule has 2 saturated heterocycles. The highest BCUT2D eigenvalue weighted by Crippen LogP contribution is 2.27. The van der Waals surface area contributed by atoms with Gasteiger partial charge in [0.05, 0.1) is 17.4 Å². The summed E-state index contributed by atoms with van der Waals surface area (Å²) in [6, 6.07) is 7.84. The number of nitrogens with one attached hydrogen (secondary N) is 1. The Morgan fingerprint density at radius 1 is 1.29 bits per heavy atom. The molecule has 1 N–H and O–H groups in total. The first-order valence-corrected chi connectivity index (χ1v) is 12.0. The Balaban J connectivity index is 1.27. The van der Waals surface area contributed by atoms with Crippen LogP contribution in [0, 0.1) is 0 Å². The Labute approximate surface area is 174 Å². The van der Waals surface area contributed by atoms with E-state index in [0.29, 0.717) is 12.6 Å². The third kappa shape index (κ3) is 5.07. The first-order chi connectivity index (χ1) is 13.8. The summed E-state index contributed by atoms with van der Waals surface area (Å²) in [7, 11) is 0. The second-order valence-corrected chi connectivity index (χ2v) is 9.16. The number of hydrogen-bond donors (Lipinski definition) is 1. The summed E-state index contributed by atoms with van der Waals surface area (Å²) in [6.45, 7) is 3.70. The lowest BCUT2D eigenvalue weighted by molar-refractivity contribution is 0.0951. The van der Waals surface area contributed by atoms with Gasteiger partial charge in [-0.25, -0.2) is 4.98 Å². The van der Waals surface area contributed by atoms with Crippen molar-refractivity contribution >= 4 is 34.1 Å². The number of amides is 1. The van der Waals surface area contributed by atoms with E-state index in [-0.39, 0.29) is 5.91 Å². The molecule has 0 bridgehead atoms. The van der Waals surface area contributed by atoms with Gasteiger partial charge in [-0.1, -0.05) is 12.1 Å². The lowest BCUT2D eigenvalue weighted by atomic mass is 10.2. The Kier molecular flexibility index (Phi) is 6.88. The van der Waals surface area contributed by atoms with Crippen molar-refractivity contribution in [1.82, 2.24) is 10.3 Å². The van der Waals surface area contributed by atoms with Crippen molar-refractivity contribution in [2.45, 2.75) is 43.1 Å². The molecule has 2 fully saturated rings. The van der Waals surface area contributed by atoms with Gasteiger partial charge in [0.2, 0.25) is 0 Å². The van der Waals surface area contributed by atoms with Crippen LogP contribution >= 0.6 is 23.1 Å². The quantitative estimate of drug-likeness (QED) is 0.658. The summed E-state index contributed by atoms with van der Waals surface area (Å²) in [5.74, 6) is 0.896. The van der Waals surface area contributed by atoms with Crippen LogP contribution in [0.2, 0.25) is 0 Å². The first kappa shape index (κ1) is 19.7. The van der Waals surface area contributed by atoms with Gasteiger partial charge in [0, 0.05) is 48.7 Å². The smallest absolute Gasteiger partial charge is 0.252 e. The maximum absolute atomic E-state index is 12.7. The fraction of sp³-hybridized carbons (Fsp3) is 0.524. The number of nitrogens with zero attached hydrogens (tertiary/aromatic N) is 2. The number of aromatic nitrogens is 1.